The molecule has 1 aliphatic heterocycles. The van der Waals surface area contributed by atoms with Crippen molar-refractivity contribution in [3.8, 4) is 0 Å². The van der Waals surface area contributed by atoms with Crippen LogP contribution < -0.4 is 5.32 Å². The lowest BCUT2D eigenvalue weighted by atomic mass is 9.99. The molecule has 0 spiro atoms. The van der Waals surface area contributed by atoms with Gasteiger partial charge in [0.15, 0.2) is 0 Å². The Morgan fingerprint density at radius 1 is 1.56 bits per heavy atom. The van der Waals surface area contributed by atoms with Crippen molar-refractivity contribution < 1.29 is 4.74 Å². The minimum atomic E-state index is 0.568. The summed E-state index contributed by atoms with van der Waals surface area (Å²) < 4.78 is 5.29. The van der Waals surface area contributed by atoms with Crippen molar-refractivity contribution in [1.82, 2.24) is 5.32 Å². The van der Waals surface area contributed by atoms with Crippen LogP contribution in [0.2, 0.25) is 0 Å². The second kappa shape index (κ2) is 7.64. The Morgan fingerprint density at radius 3 is 3.00 bits per heavy atom. The van der Waals surface area contributed by atoms with Crippen molar-refractivity contribution in [2.24, 2.45) is 5.92 Å². The summed E-state index contributed by atoms with van der Waals surface area (Å²) in [5.41, 5.74) is 1.54. The summed E-state index contributed by atoms with van der Waals surface area (Å²) in [5.74, 6) is 0.668. The summed E-state index contributed by atoms with van der Waals surface area (Å²) in [5, 5.41) is 3.59. The molecular weight excluding hydrogens is 198 g/mol. The average Bonchev–Trinajstić information content (AvgIpc) is 2.30. The Morgan fingerprint density at radius 2 is 2.38 bits per heavy atom. The van der Waals surface area contributed by atoms with Crippen molar-refractivity contribution >= 4 is 0 Å². The Bertz CT molecular complexity index is 235. The zero-order valence-corrected chi connectivity index (χ0v) is 10.7. The van der Waals surface area contributed by atoms with Crippen LogP contribution in [-0.2, 0) is 4.74 Å². The van der Waals surface area contributed by atoms with Crippen LogP contribution in [0.1, 0.15) is 33.1 Å². The molecule has 92 valence electrons. The standard InChI is InChI=1S/C14H25NO/c1-4-5-12(2)13(3)15-9-6-14-7-10-16-11-8-14/h4,7,12-13,15H,1,5-6,8-11H2,2-3H3. The first-order chi connectivity index (χ1) is 7.74. The molecule has 0 aliphatic carbocycles. The lowest BCUT2D eigenvalue weighted by molar-refractivity contribution is 0.153. The molecular formula is C14H25NO. The second-order valence-electron chi connectivity index (χ2n) is 4.68. The van der Waals surface area contributed by atoms with Crippen molar-refractivity contribution in [2.75, 3.05) is 19.8 Å². The van der Waals surface area contributed by atoms with E-state index < -0.39 is 0 Å². The maximum atomic E-state index is 5.29. The van der Waals surface area contributed by atoms with Crippen LogP contribution in [-0.4, -0.2) is 25.8 Å². The summed E-state index contributed by atoms with van der Waals surface area (Å²) in [4.78, 5) is 0. The Kier molecular flexibility index (Phi) is 6.43. The predicted molar refractivity (Wildman–Crippen MR) is 69.6 cm³/mol. The highest BCUT2D eigenvalue weighted by molar-refractivity contribution is 5.04. The molecule has 2 nitrogen and oxygen atoms in total. The second-order valence-corrected chi connectivity index (χ2v) is 4.68. The van der Waals surface area contributed by atoms with E-state index in [9.17, 15) is 0 Å². The van der Waals surface area contributed by atoms with Crippen LogP contribution in [0.4, 0.5) is 0 Å². The summed E-state index contributed by atoms with van der Waals surface area (Å²) >= 11 is 0. The zero-order valence-electron chi connectivity index (χ0n) is 10.7. The van der Waals surface area contributed by atoms with Crippen LogP contribution in [0.5, 0.6) is 0 Å². The minimum absolute atomic E-state index is 0.568. The van der Waals surface area contributed by atoms with Crippen LogP contribution >= 0.6 is 0 Å². The van der Waals surface area contributed by atoms with Crippen LogP contribution in [0.3, 0.4) is 0 Å². The largest absolute Gasteiger partial charge is 0.377 e. The fourth-order valence-corrected chi connectivity index (χ4v) is 1.92. The van der Waals surface area contributed by atoms with Gasteiger partial charge in [0.2, 0.25) is 0 Å². The van der Waals surface area contributed by atoms with Crippen molar-refractivity contribution in [3.63, 3.8) is 0 Å². The third-order valence-electron chi connectivity index (χ3n) is 3.36. The van der Waals surface area contributed by atoms with E-state index in [1.807, 2.05) is 6.08 Å². The molecule has 1 heterocycles. The molecule has 0 aromatic heterocycles. The molecule has 0 aromatic rings. The number of hydrogen-bond acceptors (Lipinski definition) is 2. The summed E-state index contributed by atoms with van der Waals surface area (Å²) in [6.07, 6.45) is 7.59. The third-order valence-corrected chi connectivity index (χ3v) is 3.36. The number of nitrogens with one attached hydrogen (secondary N) is 1. The van der Waals surface area contributed by atoms with Gasteiger partial charge in [-0.2, -0.15) is 0 Å². The van der Waals surface area contributed by atoms with E-state index in [-0.39, 0.29) is 0 Å². The quantitative estimate of drug-likeness (QED) is 0.670. The SMILES string of the molecule is C=CCC(C)C(C)NCCC1=CCOCC1. The number of ether oxygens (including phenoxy) is 1. The number of rotatable bonds is 7. The highest BCUT2D eigenvalue weighted by Gasteiger charge is 2.10. The normalized spacial score (nSPS) is 20.0. The number of hydrogen-bond donors (Lipinski definition) is 1. The van der Waals surface area contributed by atoms with Gasteiger partial charge in [-0.1, -0.05) is 24.6 Å². The smallest absolute Gasteiger partial charge is 0.0650 e. The van der Waals surface area contributed by atoms with E-state index in [2.05, 4.69) is 31.8 Å². The van der Waals surface area contributed by atoms with Gasteiger partial charge in [0.05, 0.1) is 13.2 Å². The predicted octanol–water partition coefficient (Wildman–Crippen LogP) is 2.91. The van der Waals surface area contributed by atoms with Crippen molar-refractivity contribution in [2.45, 2.75) is 39.2 Å². The van der Waals surface area contributed by atoms with E-state index in [4.69, 9.17) is 4.74 Å². The molecule has 0 aromatic carbocycles. The van der Waals surface area contributed by atoms with Crippen LogP contribution in [0.25, 0.3) is 0 Å². The molecule has 0 saturated carbocycles. The van der Waals surface area contributed by atoms with Crippen molar-refractivity contribution in [3.05, 3.63) is 24.3 Å². The van der Waals surface area contributed by atoms with Gasteiger partial charge in [0.25, 0.3) is 0 Å². The molecule has 0 fully saturated rings. The van der Waals surface area contributed by atoms with Gasteiger partial charge < -0.3 is 10.1 Å². The maximum Gasteiger partial charge on any atom is 0.0650 e. The summed E-state index contributed by atoms with van der Waals surface area (Å²) in [6.45, 7) is 11.1. The highest BCUT2D eigenvalue weighted by atomic mass is 16.5. The fraction of sp³-hybridized carbons (Fsp3) is 0.714. The molecule has 2 unspecified atom stereocenters. The van der Waals surface area contributed by atoms with Gasteiger partial charge >= 0.3 is 0 Å². The van der Waals surface area contributed by atoms with E-state index in [0.29, 0.717) is 12.0 Å². The van der Waals surface area contributed by atoms with Gasteiger partial charge in [-0.3, -0.25) is 0 Å². The van der Waals surface area contributed by atoms with E-state index >= 15 is 0 Å². The lowest BCUT2D eigenvalue weighted by Crippen LogP contribution is -2.33. The minimum Gasteiger partial charge on any atom is -0.377 e. The first-order valence-electron chi connectivity index (χ1n) is 6.34. The third kappa shape index (κ3) is 4.95. The van der Waals surface area contributed by atoms with Crippen LogP contribution in [0.15, 0.2) is 24.3 Å². The molecule has 2 heteroatoms. The van der Waals surface area contributed by atoms with Gasteiger partial charge in [-0.05, 0) is 38.6 Å². The van der Waals surface area contributed by atoms with Crippen LogP contribution in [0, 0.1) is 5.92 Å². The van der Waals surface area contributed by atoms with E-state index in [0.717, 1.165) is 39.0 Å². The van der Waals surface area contributed by atoms with Gasteiger partial charge in [-0.25, -0.2) is 0 Å². The topological polar surface area (TPSA) is 21.3 Å². The highest BCUT2D eigenvalue weighted by Crippen LogP contribution is 2.12. The van der Waals surface area contributed by atoms with E-state index in [1.165, 1.54) is 0 Å². The molecule has 0 amide bonds. The Balaban J connectivity index is 2.14. The molecule has 1 aliphatic rings. The molecule has 1 N–H and O–H groups in total. The maximum absolute atomic E-state index is 5.29. The monoisotopic (exact) mass is 223 g/mol. The average molecular weight is 223 g/mol. The lowest BCUT2D eigenvalue weighted by Gasteiger charge is -2.21. The van der Waals surface area contributed by atoms with E-state index in [1.54, 1.807) is 5.57 Å². The fourth-order valence-electron chi connectivity index (χ4n) is 1.92. The van der Waals surface area contributed by atoms with Gasteiger partial charge in [-0.15, -0.1) is 6.58 Å². The molecule has 0 bridgehead atoms. The Hall–Kier alpha value is -0.600. The first-order valence-corrected chi connectivity index (χ1v) is 6.34. The zero-order chi connectivity index (χ0) is 11.8. The molecule has 16 heavy (non-hydrogen) atoms. The van der Waals surface area contributed by atoms with Gasteiger partial charge in [0, 0.05) is 6.04 Å². The molecule has 0 radical (unpaired) electrons. The number of allylic oxidation sites excluding steroid dienone is 1. The molecule has 2 atom stereocenters. The first kappa shape index (κ1) is 13.5. The Labute approximate surface area is 99.8 Å². The summed E-state index contributed by atoms with van der Waals surface area (Å²) in [7, 11) is 0. The molecule has 1 rings (SSSR count). The van der Waals surface area contributed by atoms with Crippen molar-refractivity contribution in [1.29, 1.82) is 0 Å². The van der Waals surface area contributed by atoms with Gasteiger partial charge in [0.1, 0.15) is 0 Å². The summed E-state index contributed by atoms with van der Waals surface area (Å²) in [6, 6.07) is 0.568. The molecule has 0 saturated heterocycles.